The molecule has 1 amide bonds. The van der Waals surface area contributed by atoms with Gasteiger partial charge in [-0.15, -0.1) is 0 Å². The Morgan fingerprint density at radius 2 is 1.55 bits per heavy atom. The van der Waals surface area contributed by atoms with Crippen molar-refractivity contribution in [2.75, 3.05) is 11.9 Å². The van der Waals surface area contributed by atoms with Crippen LogP contribution in [0, 0.1) is 0 Å². The van der Waals surface area contributed by atoms with E-state index >= 15 is 0 Å². The van der Waals surface area contributed by atoms with Crippen molar-refractivity contribution in [1.82, 2.24) is 0 Å². The summed E-state index contributed by atoms with van der Waals surface area (Å²) in [7, 11) is 0. The predicted molar refractivity (Wildman–Crippen MR) is 111 cm³/mol. The minimum atomic E-state index is -0.847. The van der Waals surface area contributed by atoms with Gasteiger partial charge in [0.25, 0.3) is 0 Å². The van der Waals surface area contributed by atoms with E-state index < -0.39 is 12.1 Å². The van der Waals surface area contributed by atoms with Gasteiger partial charge in [0.15, 0.2) is 0 Å². The summed E-state index contributed by atoms with van der Waals surface area (Å²) in [5.74, 6) is -0.838. The highest BCUT2D eigenvalue weighted by Gasteiger charge is 2.28. The number of nitrogens with one attached hydrogen (secondary N) is 1. The molecule has 2 N–H and O–H groups in total. The van der Waals surface area contributed by atoms with Gasteiger partial charge in [-0.1, -0.05) is 60.7 Å². The molecule has 4 rings (SSSR count). The van der Waals surface area contributed by atoms with E-state index in [4.69, 9.17) is 9.84 Å². The zero-order valence-electron chi connectivity index (χ0n) is 15.8. The number of hydrogen-bond acceptors (Lipinski definition) is 3. The highest BCUT2D eigenvalue weighted by molar-refractivity contribution is 5.85. The molecule has 29 heavy (non-hydrogen) atoms. The zero-order chi connectivity index (χ0) is 20.2. The fourth-order valence-corrected chi connectivity index (χ4v) is 3.81. The second-order valence-corrected chi connectivity index (χ2v) is 7.04. The first-order valence-corrected chi connectivity index (χ1v) is 9.54. The molecule has 0 fully saturated rings. The van der Waals surface area contributed by atoms with Gasteiger partial charge in [-0.25, -0.2) is 4.79 Å². The average Bonchev–Trinajstić information content (AvgIpc) is 3.05. The molecule has 0 bridgehead atoms. The topological polar surface area (TPSA) is 75.6 Å². The van der Waals surface area contributed by atoms with Crippen molar-refractivity contribution in [3.05, 3.63) is 89.5 Å². The van der Waals surface area contributed by atoms with Crippen LogP contribution in [0.1, 0.15) is 29.0 Å². The van der Waals surface area contributed by atoms with Gasteiger partial charge in [-0.3, -0.25) is 10.1 Å². The van der Waals surface area contributed by atoms with Gasteiger partial charge in [0.2, 0.25) is 0 Å². The molecule has 3 aromatic carbocycles. The monoisotopic (exact) mass is 387 g/mol. The zero-order valence-corrected chi connectivity index (χ0v) is 15.8. The molecule has 0 saturated heterocycles. The lowest BCUT2D eigenvalue weighted by Gasteiger charge is -2.15. The summed E-state index contributed by atoms with van der Waals surface area (Å²) in [6.07, 6.45) is -0.0635. The molecule has 5 heteroatoms. The Bertz CT molecular complexity index is 1010. The number of fused-ring (bicyclic) bond motifs is 3. The third kappa shape index (κ3) is 4.14. The lowest BCUT2D eigenvalue weighted by molar-refractivity contribution is -0.136. The Hall–Kier alpha value is -3.60. The molecular formula is C24H21NO4. The molecule has 0 heterocycles. The quantitative estimate of drug-likeness (QED) is 0.619. The molecule has 0 unspecified atom stereocenters. The number of aliphatic carboxylic acids is 1. The molecule has 0 aromatic heterocycles. The lowest BCUT2D eigenvalue weighted by atomic mass is 9.98. The number of carboxylic acid groups (broad SMARTS) is 1. The lowest BCUT2D eigenvalue weighted by Crippen LogP contribution is -2.18. The molecule has 0 spiro atoms. The van der Waals surface area contributed by atoms with Crippen LogP contribution in [-0.4, -0.2) is 23.8 Å². The minimum absolute atomic E-state index is 0.00931. The highest BCUT2D eigenvalue weighted by atomic mass is 16.5. The van der Waals surface area contributed by atoms with E-state index in [0.29, 0.717) is 12.1 Å². The first-order valence-electron chi connectivity index (χ1n) is 9.54. The smallest absolute Gasteiger partial charge is 0.411 e. The second kappa shape index (κ2) is 8.19. The number of hydrogen-bond donors (Lipinski definition) is 2. The Morgan fingerprint density at radius 3 is 2.21 bits per heavy atom. The van der Waals surface area contributed by atoms with E-state index in [9.17, 15) is 9.59 Å². The van der Waals surface area contributed by atoms with Gasteiger partial charge in [0.1, 0.15) is 6.61 Å². The number of anilines is 1. The third-order valence-corrected chi connectivity index (χ3v) is 5.14. The maximum atomic E-state index is 12.3. The van der Waals surface area contributed by atoms with E-state index in [1.54, 1.807) is 18.2 Å². The first-order chi connectivity index (χ1) is 14.1. The number of aryl methyl sites for hydroxylation is 1. The summed E-state index contributed by atoms with van der Waals surface area (Å²) < 4.78 is 5.54. The Morgan fingerprint density at radius 1 is 0.897 bits per heavy atom. The van der Waals surface area contributed by atoms with E-state index in [0.717, 1.165) is 16.7 Å². The first kappa shape index (κ1) is 18.7. The van der Waals surface area contributed by atoms with Crippen molar-refractivity contribution in [2.24, 2.45) is 0 Å². The minimum Gasteiger partial charge on any atom is -0.481 e. The normalized spacial score (nSPS) is 12.1. The van der Waals surface area contributed by atoms with Crippen LogP contribution in [0.5, 0.6) is 0 Å². The van der Waals surface area contributed by atoms with Crippen LogP contribution in [0.3, 0.4) is 0 Å². The van der Waals surface area contributed by atoms with Crippen molar-refractivity contribution in [3.63, 3.8) is 0 Å². The van der Waals surface area contributed by atoms with Gasteiger partial charge >= 0.3 is 12.1 Å². The van der Waals surface area contributed by atoms with Crippen LogP contribution in [0.4, 0.5) is 10.5 Å². The number of benzene rings is 3. The second-order valence-electron chi connectivity index (χ2n) is 7.04. The molecule has 5 nitrogen and oxygen atoms in total. The molecule has 146 valence electrons. The third-order valence-electron chi connectivity index (χ3n) is 5.14. The fraction of sp³-hybridized carbons (Fsp3) is 0.167. The standard InChI is InChI=1S/C24H21NO4/c26-23(27)13-12-16-6-5-7-17(14-16)25-24(28)29-15-22-20-10-3-1-8-18(20)19-9-2-4-11-21(19)22/h1-11,14,22H,12-13,15H2,(H,25,28)(H,26,27). The van der Waals surface area contributed by atoms with E-state index in [-0.39, 0.29) is 18.9 Å². The van der Waals surface area contributed by atoms with Gasteiger partial charge in [0, 0.05) is 18.0 Å². The number of carbonyl (C=O) groups excluding carboxylic acids is 1. The van der Waals surface area contributed by atoms with Gasteiger partial charge in [-0.05, 0) is 46.4 Å². The van der Waals surface area contributed by atoms with Crippen molar-refractivity contribution < 1.29 is 19.4 Å². The molecule has 3 aromatic rings. The van der Waals surface area contributed by atoms with Crippen molar-refractivity contribution in [3.8, 4) is 11.1 Å². The summed E-state index contributed by atoms with van der Waals surface area (Å²) in [5.41, 5.74) is 6.13. The van der Waals surface area contributed by atoms with Crippen LogP contribution in [0.15, 0.2) is 72.8 Å². The predicted octanol–water partition coefficient (Wildman–Crippen LogP) is 5.06. The molecule has 1 aliphatic carbocycles. The molecule has 0 radical (unpaired) electrons. The van der Waals surface area contributed by atoms with Crippen LogP contribution in [0.2, 0.25) is 0 Å². The van der Waals surface area contributed by atoms with Crippen LogP contribution < -0.4 is 5.32 Å². The largest absolute Gasteiger partial charge is 0.481 e. The van der Waals surface area contributed by atoms with Gasteiger partial charge in [-0.2, -0.15) is 0 Å². The maximum absolute atomic E-state index is 12.3. The summed E-state index contributed by atoms with van der Waals surface area (Å²) >= 11 is 0. The number of carbonyl (C=O) groups is 2. The van der Waals surface area contributed by atoms with Crippen LogP contribution >= 0.6 is 0 Å². The molecule has 1 aliphatic rings. The molecular weight excluding hydrogens is 366 g/mol. The highest BCUT2D eigenvalue weighted by Crippen LogP contribution is 2.44. The van der Waals surface area contributed by atoms with E-state index in [1.807, 2.05) is 30.3 Å². The molecule has 0 atom stereocenters. The molecule has 0 saturated carbocycles. The van der Waals surface area contributed by atoms with Crippen LogP contribution in [-0.2, 0) is 16.0 Å². The number of rotatable bonds is 6. The van der Waals surface area contributed by atoms with Crippen molar-refractivity contribution >= 4 is 17.7 Å². The number of carboxylic acids is 1. The van der Waals surface area contributed by atoms with E-state index in [1.165, 1.54) is 11.1 Å². The Labute approximate surface area is 169 Å². The van der Waals surface area contributed by atoms with Gasteiger partial charge in [0.05, 0.1) is 0 Å². The average molecular weight is 387 g/mol. The maximum Gasteiger partial charge on any atom is 0.411 e. The Kier molecular flexibility index (Phi) is 5.29. The summed E-state index contributed by atoms with van der Waals surface area (Å²) in [4.78, 5) is 23.1. The summed E-state index contributed by atoms with van der Waals surface area (Å²) in [6, 6.07) is 23.5. The van der Waals surface area contributed by atoms with Crippen molar-refractivity contribution in [1.29, 1.82) is 0 Å². The van der Waals surface area contributed by atoms with Crippen molar-refractivity contribution in [2.45, 2.75) is 18.8 Å². The van der Waals surface area contributed by atoms with Gasteiger partial charge < -0.3 is 9.84 Å². The number of amides is 1. The van der Waals surface area contributed by atoms with E-state index in [2.05, 4.69) is 29.6 Å². The SMILES string of the molecule is O=C(O)CCc1cccc(NC(=O)OCC2c3ccccc3-c3ccccc32)c1. The number of ether oxygens (including phenoxy) is 1. The van der Waals surface area contributed by atoms with Crippen LogP contribution in [0.25, 0.3) is 11.1 Å². The summed E-state index contributed by atoms with van der Waals surface area (Å²) in [6.45, 7) is 0.249. The summed E-state index contributed by atoms with van der Waals surface area (Å²) in [5, 5.41) is 11.5. The fourth-order valence-electron chi connectivity index (χ4n) is 3.81. The molecule has 0 aliphatic heterocycles. The Balaban J connectivity index is 1.42.